The molecule has 1 unspecified atom stereocenters. The number of hydrogen-bond donors (Lipinski definition) is 1. The second-order valence-corrected chi connectivity index (χ2v) is 5.44. The van der Waals surface area contributed by atoms with Gasteiger partial charge in [0.2, 0.25) is 12.0 Å². The summed E-state index contributed by atoms with van der Waals surface area (Å²) in [7, 11) is 0. The zero-order chi connectivity index (χ0) is 11.4. The van der Waals surface area contributed by atoms with E-state index in [2.05, 4.69) is 9.98 Å². The zero-order valence-electron chi connectivity index (χ0n) is 8.97. The number of rotatable bonds is 1. The lowest BCUT2D eigenvalue weighted by molar-refractivity contribution is -0.592. The normalized spacial score (nSPS) is 44.8. The maximum Gasteiger partial charge on any atom is 0.218 e. The lowest BCUT2D eigenvalue weighted by Gasteiger charge is -2.40. The van der Waals surface area contributed by atoms with E-state index in [0.29, 0.717) is 5.92 Å². The average Bonchev–Trinajstić information content (AvgIpc) is 2.51. The van der Waals surface area contributed by atoms with E-state index >= 15 is 0 Å². The number of nitrogens with zero attached hydrogens (tertiary/aromatic N) is 3. The summed E-state index contributed by atoms with van der Waals surface area (Å²) in [5.41, 5.74) is 1.33. The van der Waals surface area contributed by atoms with E-state index in [1.807, 2.05) is 6.92 Å². The van der Waals surface area contributed by atoms with Crippen LogP contribution in [0.4, 0.5) is 0 Å². The Morgan fingerprint density at radius 2 is 2.31 bits per heavy atom. The molecular formula is C11H13ClN3O+. The SMILES string of the molecule is CC1(O)CC(C2=C3C=NC=C[N+]3(Cl)C=N2)C1. The lowest BCUT2D eigenvalue weighted by atomic mass is 9.70. The molecule has 0 spiro atoms. The van der Waals surface area contributed by atoms with Crippen molar-refractivity contribution in [3.05, 3.63) is 23.8 Å². The van der Waals surface area contributed by atoms with Crippen LogP contribution in [0.3, 0.4) is 0 Å². The minimum absolute atomic E-state index is 0.0808. The topological polar surface area (TPSA) is 45.0 Å². The van der Waals surface area contributed by atoms with Crippen LogP contribution in [-0.4, -0.2) is 27.3 Å². The fourth-order valence-corrected chi connectivity index (χ4v) is 2.71. The largest absolute Gasteiger partial charge is 0.390 e. The monoisotopic (exact) mass is 238 g/mol. The van der Waals surface area contributed by atoms with E-state index in [-0.39, 0.29) is 4.00 Å². The lowest BCUT2D eigenvalue weighted by Crippen LogP contribution is -2.42. The van der Waals surface area contributed by atoms with E-state index in [4.69, 9.17) is 11.8 Å². The molecule has 1 N–H and O–H groups in total. The number of aliphatic hydroxyl groups is 1. The quantitative estimate of drug-likeness (QED) is 0.697. The van der Waals surface area contributed by atoms with E-state index < -0.39 is 5.60 Å². The Labute approximate surface area is 99.0 Å². The first-order valence-corrected chi connectivity index (χ1v) is 5.65. The summed E-state index contributed by atoms with van der Waals surface area (Å²) in [6.07, 6.45) is 8.39. The first-order chi connectivity index (χ1) is 7.50. The van der Waals surface area contributed by atoms with Crippen LogP contribution in [0.25, 0.3) is 0 Å². The van der Waals surface area contributed by atoms with Gasteiger partial charge in [-0.05, 0) is 19.8 Å². The van der Waals surface area contributed by atoms with Gasteiger partial charge < -0.3 is 5.11 Å². The van der Waals surface area contributed by atoms with Gasteiger partial charge >= 0.3 is 0 Å². The number of halogens is 1. The van der Waals surface area contributed by atoms with E-state index in [1.165, 1.54) is 0 Å². The Bertz CT molecular complexity index is 456. The molecule has 0 radical (unpaired) electrons. The van der Waals surface area contributed by atoms with Crippen molar-refractivity contribution in [3.63, 3.8) is 0 Å². The second-order valence-electron chi connectivity index (χ2n) is 4.88. The summed E-state index contributed by atoms with van der Waals surface area (Å²) in [4.78, 5) is 8.47. The van der Waals surface area contributed by atoms with Crippen LogP contribution >= 0.6 is 11.8 Å². The van der Waals surface area contributed by atoms with Gasteiger partial charge in [0.1, 0.15) is 11.9 Å². The van der Waals surface area contributed by atoms with Crippen molar-refractivity contribution in [2.75, 3.05) is 0 Å². The third-order valence-electron chi connectivity index (χ3n) is 3.32. The Morgan fingerprint density at radius 3 is 3.00 bits per heavy atom. The summed E-state index contributed by atoms with van der Waals surface area (Å²) in [6, 6.07) is 0. The zero-order valence-corrected chi connectivity index (χ0v) is 9.72. The van der Waals surface area contributed by atoms with Crippen molar-refractivity contribution in [2.24, 2.45) is 15.9 Å². The van der Waals surface area contributed by atoms with Gasteiger partial charge in [-0.3, -0.25) is 4.99 Å². The van der Waals surface area contributed by atoms with Crippen molar-refractivity contribution in [1.82, 2.24) is 0 Å². The van der Waals surface area contributed by atoms with E-state index in [1.54, 1.807) is 25.0 Å². The number of aliphatic imine (C=N–C) groups is 2. The third-order valence-corrected chi connectivity index (χ3v) is 3.70. The van der Waals surface area contributed by atoms with Gasteiger partial charge in [-0.25, -0.2) is 0 Å². The fourth-order valence-electron chi connectivity index (χ4n) is 2.48. The molecule has 1 aliphatic carbocycles. The molecule has 4 nitrogen and oxygen atoms in total. The van der Waals surface area contributed by atoms with Gasteiger partial charge in [0.05, 0.1) is 18.0 Å². The van der Waals surface area contributed by atoms with Crippen LogP contribution in [0.15, 0.2) is 33.8 Å². The molecule has 84 valence electrons. The predicted molar refractivity (Wildman–Crippen MR) is 62.6 cm³/mol. The molecule has 2 aliphatic heterocycles. The van der Waals surface area contributed by atoms with Crippen LogP contribution in [0.5, 0.6) is 0 Å². The molecule has 3 rings (SSSR count). The van der Waals surface area contributed by atoms with Gasteiger partial charge in [0.25, 0.3) is 0 Å². The first kappa shape index (κ1) is 10.2. The highest BCUT2D eigenvalue weighted by molar-refractivity contribution is 6.14. The molecule has 0 aromatic heterocycles. The highest BCUT2D eigenvalue weighted by Gasteiger charge is 2.47. The van der Waals surface area contributed by atoms with Crippen molar-refractivity contribution >= 4 is 24.3 Å². The first-order valence-electron chi connectivity index (χ1n) is 5.32. The molecular weight excluding hydrogens is 226 g/mol. The number of quaternary nitrogens is 1. The maximum absolute atomic E-state index is 9.74. The highest BCUT2D eigenvalue weighted by Crippen LogP contribution is 2.46. The average molecular weight is 239 g/mol. The molecule has 0 aromatic rings. The fraction of sp³-hybridized carbons (Fsp3) is 0.455. The van der Waals surface area contributed by atoms with Crippen molar-refractivity contribution < 1.29 is 9.11 Å². The summed E-state index contributed by atoms with van der Waals surface area (Å²) in [6.45, 7) is 1.85. The molecule has 5 heteroatoms. The standard InChI is InChI=1S/C11H13ClN3O/c1-11(16)4-8(5-11)10-9-6-13-2-3-15(9,12)7-14-10/h2-3,6-8,16H,4-5H2,1H3/q+1. The molecule has 1 saturated carbocycles. The highest BCUT2D eigenvalue weighted by atomic mass is 35.5. The van der Waals surface area contributed by atoms with E-state index in [9.17, 15) is 5.11 Å². The summed E-state index contributed by atoms with van der Waals surface area (Å²) in [5, 5.41) is 9.74. The van der Waals surface area contributed by atoms with Gasteiger partial charge in [0, 0.05) is 5.92 Å². The molecule has 2 heterocycles. The maximum atomic E-state index is 9.74. The molecule has 1 atom stereocenters. The molecule has 0 aromatic carbocycles. The van der Waals surface area contributed by atoms with Crippen molar-refractivity contribution in [3.8, 4) is 0 Å². The minimum atomic E-state index is -0.542. The Hall–Kier alpha value is -0.970. The summed E-state index contributed by atoms with van der Waals surface area (Å²) >= 11 is 6.35. The minimum Gasteiger partial charge on any atom is -0.390 e. The molecule has 1 fully saturated rings. The van der Waals surface area contributed by atoms with E-state index in [0.717, 1.165) is 24.2 Å². The van der Waals surface area contributed by atoms with Crippen LogP contribution in [0.1, 0.15) is 19.8 Å². The van der Waals surface area contributed by atoms with Crippen LogP contribution in [-0.2, 0) is 0 Å². The van der Waals surface area contributed by atoms with Crippen molar-refractivity contribution in [1.29, 1.82) is 0 Å². The van der Waals surface area contributed by atoms with Crippen LogP contribution in [0.2, 0.25) is 0 Å². The Kier molecular flexibility index (Phi) is 1.93. The van der Waals surface area contributed by atoms with Gasteiger partial charge in [-0.1, -0.05) is 0 Å². The van der Waals surface area contributed by atoms with Gasteiger partial charge in [-0.15, -0.1) is 4.00 Å². The third kappa shape index (κ3) is 1.38. The molecule has 0 saturated heterocycles. The van der Waals surface area contributed by atoms with Gasteiger partial charge in [-0.2, -0.15) is 4.99 Å². The number of fused-ring (bicyclic) bond motifs is 1. The molecule has 3 aliphatic rings. The number of hydrogen-bond acceptors (Lipinski definition) is 3. The second kappa shape index (κ2) is 3.03. The van der Waals surface area contributed by atoms with Crippen LogP contribution < -0.4 is 0 Å². The number of allylic oxidation sites excluding steroid dienone is 2. The Morgan fingerprint density at radius 1 is 1.56 bits per heavy atom. The van der Waals surface area contributed by atoms with Crippen LogP contribution in [0, 0.1) is 5.92 Å². The summed E-state index contributed by atoms with van der Waals surface area (Å²) in [5.74, 6) is 0.304. The predicted octanol–water partition coefficient (Wildman–Crippen LogP) is 1.93. The van der Waals surface area contributed by atoms with Gasteiger partial charge in [0.15, 0.2) is 11.8 Å². The molecule has 16 heavy (non-hydrogen) atoms. The Balaban J connectivity index is 1.92. The molecule has 0 bridgehead atoms. The molecule has 0 amide bonds. The smallest absolute Gasteiger partial charge is 0.218 e. The summed E-state index contributed by atoms with van der Waals surface area (Å²) < 4.78 is 0.0808. The van der Waals surface area contributed by atoms with Crippen molar-refractivity contribution in [2.45, 2.75) is 25.4 Å².